The van der Waals surface area contributed by atoms with Crippen molar-refractivity contribution in [2.24, 2.45) is 0 Å². The molecule has 0 bridgehead atoms. The molecular weight excluding hydrogens is 319 g/mol. The van der Waals surface area contributed by atoms with Crippen LogP contribution in [0.3, 0.4) is 0 Å². The van der Waals surface area contributed by atoms with Gasteiger partial charge in [-0.05, 0) is 12.5 Å². The predicted octanol–water partition coefficient (Wildman–Crippen LogP) is 3.97. The average molecular weight is 337 g/mol. The molecule has 3 nitrogen and oxygen atoms in total. The Hall–Kier alpha value is -2.34. The minimum atomic E-state index is -4.91. The second kappa shape index (κ2) is 7.05. The highest BCUT2D eigenvalue weighted by molar-refractivity contribution is 5.88. The Morgan fingerprint density at radius 2 is 1.50 bits per heavy atom. The molecule has 2 aromatic rings. The monoisotopic (exact) mass is 337 g/mol. The maximum Gasteiger partial charge on any atom is 0.430 e. The van der Waals surface area contributed by atoms with Gasteiger partial charge in [0.05, 0.1) is 6.04 Å². The molecule has 0 aliphatic carbocycles. The molecule has 0 saturated heterocycles. The fraction of sp³-hybridized carbons (Fsp3) is 0.278. The Bertz CT molecular complexity index is 674. The van der Waals surface area contributed by atoms with Crippen LogP contribution in [0.4, 0.5) is 13.2 Å². The average Bonchev–Trinajstić information content (AvgIpc) is 2.56. The molecule has 2 atom stereocenters. The zero-order valence-corrected chi connectivity index (χ0v) is 13.3. The van der Waals surface area contributed by atoms with Gasteiger partial charge in [-0.1, -0.05) is 60.7 Å². The molecule has 6 heteroatoms. The number of carbonyl (C=O) groups excluding carboxylic acids is 1. The lowest BCUT2D eigenvalue weighted by molar-refractivity contribution is -0.266. The van der Waals surface area contributed by atoms with E-state index in [1.54, 1.807) is 43.3 Å². The number of hydrogen-bond acceptors (Lipinski definition) is 2. The first-order chi connectivity index (χ1) is 11.3. The Balaban J connectivity index is 2.39. The SMILES string of the molecule is COC(C(=O)NC(C)c1ccccc1)(c1ccccc1)C(F)(F)F. The van der Waals surface area contributed by atoms with Crippen molar-refractivity contribution < 1.29 is 22.7 Å². The van der Waals surface area contributed by atoms with Gasteiger partial charge in [0, 0.05) is 12.7 Å². The minimum absolute atomic E-state index is 0.266. The van der Waals surface area contributed by atoms with Crippen LogP contribution >= 0.6 is 0 Å². The molecule has 1 N–H and O–H groups in total. The summed E-state index contributed by atoms with van der Waals surface area (Å²) < 4.78 is 46.1. The molecule has 0 radical (unpaired) electrons. The quantitative estimate of drug-likeness (QED) is 0.897. The summed E-state index contributed by atoms with van der Waals surface area (Å²) in [7, 11) is 0.882. The van der Waals surface area contributed by atoms with Crippen molar-refractivity contribution in [3.63, 3.8) is 0 Å². The van der Waals surface area contributed by atoms with Gasteiger partial charge in [-0.2, -0.15) is 13.2 Å². The third kappa shape index (κ3) is 3.28. The highest BCUT2D eigenvalue weighted by atomic mass is 19.4. The number of benzene rings is 2. The van der Waals surface area contributed by atoms with E-state index in [0.29, 0.717) is 5.56 Å². The van der Waals surface area contributed by atoms with Crippen LogP contribution in [-0.2, 0) is 15.1 Å². The molecule has 2 aromatic carbocycles. The topological polar surface area (TPSA) is 38.3 Å². The smallest absolute Gasteiger partial charge is 0.356 e. The van der Waals surface area contributed by atoms with E-state index in [-0.39, 0.29) is 5.56 Å². The summed E-state index contributed by atoms with van der Waals surface area (Å²) in [5.41, 5.74) is -2.62. The predicted molar refractivity (Wildman–Crippen MR) is 84.2 cm³/mol. The summed E-state index contributed by atoms with van der Waals surface area (Å²) in [5, 5.41) is 2.41. The van der Waals surface area contributed by atoms with Crippen LogP contribution in [0.25, 0.3) is 0 Å². The molecule has 2 unspecified atom stereocenters. The summed E-state index contributed by atoms with van der Waals surface area (Å²) in [6, 6.07) is 15.1. The Kier molecular flexibility index (Phi) is 5.29. The largest absolute Gasteiger partial charge is 0.430 e. The molecular formula is C18H18F3NO2. The van der Waals surface area contributed by atoms with Crippen LogP contribution in [-0.4, -0.2) is 19.2 Å². The maximum absolute atomic E-state index is 13.8. The van der Waals surface area contributed by atoms with E-state index in [1.165, 1.54) is 24.3 Å². The summed E-state index contributed by atoms with van der Waals surface area (Å²) in [4.78, 5) is 12.6. The second-order valence-corrected chi connectivity index (χ2v) is 5.35. The van der Waals surface area contributed by atoms with Crippen LogP contribution in [0.1, 0.15) is 24.1 Å². The highest BCUT2D eigenvalue weighted by Gasteiger charge is 2.62. The van der Waals surface area contributed by atoms with Crippen molar-refractivity contribution in [1.82, 2.24) is 5.32 Å². The molecule has 0 aliphatic heterocycles. The lowest BCUT2D eigenvalue weighted by Gasteiger charge is -2.34. The fourth-order valence-electron chi connectivity index (χ4n) is 2.55. The molecule has 0 aliphatic rings. The number of methoxy groups -OCH3 is 1. The first kappa shape index (κ1) is 18.0. The zero-order chi connectivity index (χ0) is 17.8. The number of alkyl halides is 3. The van der Waals surface area contributed by atoms with E-state index in [2.05, 4.69) is 5.32 Å². The first-order valence-electron chi connectivity index (χ1n) is 7.36. The number of nitrogens with one attached hydrogen (secondary N) is 1. The van der Waals surface area contributed by atoms with Gasteiger partial charge in [-0.15, -0.1) is 0 Å². The molecule has 0 heterocycles. The van der Waals surface area contributed by atoms with Gasteiger partial charge in [-0.25, -0.2) is 0 Å². The third-order valence-corrected chi connectivity index (χ3v) is 3.85. The zero-order valence-electron chi connectivity index (χ0n) is 13.3. The van der Waals surface area contributed by atoms with Crippen LogP contribution in [0.15, 0.2) is 60.7 Å². The van der Waals surface area contributed by atoms with Crippen molar-refractivity contribution in [2.75, 3.05) is 7.11 Å². The Morgan fingerprint density at radius 3 is 1.96 bits per heavy atom. The maximum atomic E-state index is 13.8. The molecule has 1 amide bonds. The van der Waals surface area contributed by atoms with Gasteiger partial charge in [0.25, 0.3) is 11.5 Å². The number of rotatable bonds is 5. The summed E-state index contributed by atoms with van der Waals surface area (Å²) >= 11 is 0. The van der Waals surface area contributed by atoms with Crippen LogP contribution in [0, 0.1) is 0 Å². The van der Waals surface area contributed by atoms with Crippen molar-refractivity contribution in [3.8, 4) is 0 Å². The minimum Gasteiger partial charge on any atom is -0.356 e. The van der Waals surface area contributed by atoms with E-state index in [0.717, 1.165) is 7.11 Å². The highest BCUT2D eigenvalue weighted by Crippen LogP contribution is 2.42. The van der Waals surface area contributed by atoms with Crippen molar-refractivity contribution in [3.05, 3.63) is 71.8 Å². The van der Waals surface area contributed by atoms with E-state index in [4.69, 9.17) is 4.74 Å². The number of hydrogen-bond donors (Lipinski definition) is 1. The Morgan fingerprint density at radius 1 is 1.00 bits per heavy atom. The summed E-state index contributed by atoms with van der Waals surface area (Å²) in [6.45, 7) is 1.62. The van der Waals surface area contributed by atoms with Gasteiger partial charge >= 0.3 is 6.18 Å². The van der Waals surface area contributed by atoms with Crippen molar-refractivity contribution in [2.45, 2.75) is 24.7 Å². The third-order valence-electron chi connectivity index (χ3n) is 3.85. The summed E-state index contributed by atoms with van der Waals surface area (Å²) in [6.07, 6.45) is -4.91. The van der Waals surface area contributed by atoms with Gasteiger partial charge < -0.3 is 10.1 Å². The molecule has 2 rings (SSSR count). The van der Waals surface area contributed by atoms with Crippen molar-refractivity contribution in [1.29, 1.82) is 0 Å². The molecule has 24 heavy (non-hydrogen) atoms. The molecule has 128 valence electrons. The van der Waals surface area contributed by atoms with E-state index in [1.807, 2.05) is 0 Å². The van der Waals surface area contributed by atoms with E-state index >= 15 is 0 Å². The van der Waals surface area contributed by atoms with Crippen LogP contribution < -0.4 is 5.32 Å². The van der Waals surface area contributed by atoms with E-state index < -0.39 is 23.7 Å². The molecule has 0 saturated carbocycles. The van der Waals surface area contributed by atoms with Gasteiger partial charge in [0.1, 0.15) is 0 Å². The fourth-order valence-corrected chi connectivity index (χ4v) is 2.55. The van der Waals surface area contributed by atoms with Gasteiger partial charge in [0.2, 0.25) is 0 Å². The number of amides is 1. The van der Waals surface area contributed by atoms with E-state index in [9.17, 15) is 18.0 Å². The Labute approximate surface area is 138 Å². The molecule has 0 spiro atoms. The van der Waals surface area contributed by atoms with Crippen LogP contribution in [0.5, 0.6) is 0 Å². The number of halogens is 3. The first-order valence-corrected chi connectivity index (χ1v) is 7.36. The second-order valence-electron chi connectivity index (χ2n) is 5.35. The normalized spacial score (nSPS) is 15.4. The lowest BCUT2D eigenvalue weighted by atomic mass is 9.91. The number of carbonyl (C=O) groups is 1. The van der Waals surface area contributed by atoms with Gasteiger partial charge in [-0.3, -0.25) is 4.79 Å². The molecule has 0 aromatic heterocycles. The molecule has 0 fully saturated rings. The number of ether oxygens (including phenoxy) is 1. The summed E-state index contributed by atoms with van der Waals surface area (Å²) in [5.74, 6) is -1.25. The van der Waals surface area contributed by atoms with Gasteiger partial charge in [0.15, 0.2) is 0 Å². The van der Waals surface area contributed by atoms with Crippen LogP contribution in [0.2, 0.25) is 0 Å². The van der Waals surface area contributed by atoms with Crippen molar-refractivity contribution >= 4 is 5.91 Å². The standard InChI is InChI=1S/C18H18F3NO2/c1-13(14-9-5-3-6-10-14)22-16(23)17(24-2,18(19,20)21)15-11-7-4-8-12-15/h3-13H,1-2H3,(H,22,23). The lowest BCUT2D eigenvalue weighted by Crippen LogP contribution is -2.56.